The minimum atomic E-state index is -4.60. The fourth-order valence-electron chi connectivity index (χ4n) is 0.883. The zero-order valence-electron chi connectivity index (χ0n) is 9.80. The second-order valence-corrected chi connectivity index (χ2v) is 7.04. The number of sulfone groups is 1. The molecule has 0 bridgehead atoms. The molecule has 0 amide bonds. The van der Waals surface area contributed by atoms with Crippen LogP contribution >= 0.6 is 0 Å². The fraction of sp³-hybridized carbons (Fsp3) is 0.889. The topological polar surface area (TPSA) is 70.0 Å². The number of nitriles is 1. The average Bonchev–Trinajstić information content (AvgIpc) is 2.08. The first-order chi connectivity index (χ1) is 7.42. The van der Waals surface area contributed by atoms with E-state index in [0.717, 1.165) is 12.3 Å². The van der Waals surface area contributed by atoms with Crippen molar-refractivity contribution in [1.29, 1.82) is 5.26 Å². The SMILES string of the molecule is CC(C)(CNCC(C#N)C(F)(F)F)S(C)(=O)=O. The molecule has 0 aromatic rings. The van der Waals surface area contributed by atoms with Crippen LogP contribution < -0.4 is 5.32 Å². The van der Waals surface area contributed by atoms with E-state index >= 15 is 0 Å². The Morgan fingerprint density at radius 2 is 1.82 bits per heavy atom. The van der Waals surface area contributed by atoms with Gasteiger partial charge in [0, 0.05) is 19.3 Å². The van der Waals surface area contributed by atoms with E-state index in [1.165, 1.54) is 13.8 Å². The molecule has 0 aromatic heterocycles. The molecule has 0 saturated heterocycles. The zero-order valence-corrected chi connectivity index (χ0v) is 10.6. The highest BCUT2D eigenvalue weighted by Gasteiger charge is 2.40. The predicted molar refractivity (Wildman–Crippen MR) is 57.0 cm³/mol. The number of hydrogen-bond acceptors (Lipinski definition) is 4. The lowest BCUT2D eigenvalue weighted by molar-refractivity contribution is -0.157. The lowest BCUT2D eigenvalue weighted by Crippen LogP contribution is -2.44. The van der Waals surface area contributed by atoms with Gasteiger partial charge in [-0.05, 0) is 13.8 Å². The highest BCUT2D eigenvalue weighted by atomic mass is 32.2. The van der Waals surface area contributed by atoms with E-state index in [9.17, 15) is 21.6 Å². The van der Waals surface area contributed by atoms with Crippen molar-refractivity contribution in [2.24, 2.45) is 5.92 Å². The summed E-state index contributed by atoms with van der Waals surface area (Å²) in [6.07, 6.45) is -3.59. The average molecular weight is 272 g/mol. The second-order valence-electron chi connectivity index (χ2n) is 4.39. The van der Waals surface area contributed by atoms with Crippen molar-refractivity contribution < 1.29 is 21.6 Å². The molecule has 0 aromatic carbocycles. The maximum absolute atomic E-state index is 12.2. The van der Waals surface area contributed by atoms with Crippen molar-refractivity contribution in [3.05, 3.63) is 0 Å². The van der Waals surface area contributed by atoms with Gasteiger partial charge in [0.25, 0.3) is 0 Å². The molecule has 1 unspecified atom stereocenters. The summed E-state index contributed by atoms with van der Waals surface area (Å²) in [6, 6.07) is 1.13. The van der Waals surface area contributed by atoms with Crippen molar-refractivity contribution in [2.45, 2.75) is 24.8 Å². The Labute approximate surface area is 98.7 Å². The zero-order chi connectivity index (χ0) is 13.9. The van der Waals surface area contributed by atoms with Gasteiger partial charge in [0.2, 0.25) is 0 Å². The Morgan fingerprint density at radius 1 is 1.35 bits per heavy atom. The largest absolute Gasteiger partial charge is 0.405 e. The Hall–Kier alpha value is -0.810. The molecule has 0 rings (SSSR count). The summed E-state index contributed by atoms with van der Waals surface area (Å²) in [5, 5.41) is 10.7. The maximum atomic E-state index is 12.2. The molecule has 0 aliphatic rings. The molecule has 8 heteroatoms. The quantitative estimate of drug-likeness (QED) is 0.813. The summed E-state index contributed by atoms with van der Waals surface area (Å²) in [6.45, 7) is 2.06. The van der Waals surface area contributed by atoms with E-state index in [1.54, 1.807) is 0 Å². The number of rotatable bonds is 5. The van der Waals surface area contributed by atoms with E-state index in [1.807, 2.05) is 0 Å². The highest BCUT2D eigenvalue weighted by Crippen LogP contribution is 2.25. The minimum absolute atomic E-state index is 0.139. The summed E-state index contributed by atoms with van der Waals surface area (Å²) in [7, 11) is -3.37. The molecule has 100 valence electrons. The number of halogens is 3. The number of hydrogen-bond donors (Lipinski definition) is 1. The van der Waals surface area contributed by atoms with E-state index in [4.69, 9.17) is 5.26 Å². The van der Waals surface area contributed by atoms with E-state index in [-0.39, 0.29) is 6.54 Å². The first kappa shape index (κ1) is 16.2. The Kier molecular flexibility index (Phi) is 4.98. The van der Waals surface area contributed by atoms with Crippen molar-refractivity contribution in [3.63, 3.8) is 0 Å². The van der Waals surface area contributed by atoms with Crippen LogP contribution in [0.4, 0.5) is 13.2 Å². The van der Waals surface area contributed by atoms with Crippen LogP contribution in [0, 0.1) is 17.2 Å². The summed E-state index contributed by atoms with van der Waals surface area (Å²) in [5.41, 5.74) is 0. The first-order valence-corrected chi connectivity index (χ1v) is 6.67. The molecule has 0 spiro atoms. The normalized spacial score (nSPS) is 15.4. The first-order valence-electron chi connectivity index (χ1n) is 4.78. The number of nitrogens with zero attached hydrogens (tertiary/aromatic N) is 1. The van der Waals surface area contributed by atoms with E-state index in [0.29, 0.717) is 0 Å². The fourth-order valence-corrected chi connectivity index (χ4v) is 1.25. The molecule has 0 radical (unpaired) electrons. The summed E-state index contributed by atoms with van der Waals surface area (Å²) in [4.78, 5) is 0. The third-order valence-electron chi connectivity index (χ3n) is 2.45. The van der Waals surface area contributed by atoms with Gasteiger partial charge in [0.15, 0.2) is 15.8 Å². The van der Waals surface area contributed by atoms with E-state index in [2.05, 4.69) is 5.32 Å². The molecule has 1 N–H and O–H groups in total. The van der Waals surface area contributed by atoms with Gasteiger partial charge in [-0.3, -0.25) is 0 Å². The Morgan fingerprint density at radius 3 is 2.12 bits per heavy atom. The van der Waals surface area contributed by atoms with Gasteiger partial charge in [0.05, 0.1) is 10.8 Å². The Balaban J connectivity index is 4.40. The molecule has 1 atom stereocenters. The van der Waals surface area contributed by atoms with Crippen LogP contribution in [-0.2, 0) is 9.84 Å². The molecule has 0 saturated carbocycles. The minimum Gasteiger partial charge on any atom is -0.314 e. The smallest absolute Gasteiger partial charge is 0.314 e. The predicted octanol–water partition coefficient (Wildman–Crippen LogP) is 1.10. The van der Waals surface area contributed by atoms with Gasteiger partial charge in [-0.2, -0.15) is 18.4 Å². The summed E-state index contributed by atoms with van der Waals surface area (Å²) < 4.78 is 57.9. The van der Waals surface area contributed by atoms with Gasteiger partial charge >= 0.3 is 6.18 Å². The molecule has 17 heavy (non-hydrogen) atoms. The van der Waals surface area contributed by atoms with Crippen LogP contribution in [0.1, 0.15) is 13.8 Å². The molecular formula is C9H15F3N2O2S. The number of alkyl halides is 3. The van der Waals surface area contributed by atoms with Gasteiger partial charge in [-0.15, -0.1) is 0 Å². The third kappa shape index (κ3) is 4.91. The van der Waals surface area contributed by atoms with Crippen LogP contribution in [0.5, 0.6) is 0 Å². The second kappa shape index (κ2) is 5.23. The van der Waals surface area contributed by atoms with Crippen LogP contribution in [0.15, 0.2) is 0 Å². The molecule has 0 aliphatic heterocycles. The monoisotopic (exact) mass is 272 g/mol. The van der Waals surface area contributed by atoms with Gasteiger partial charge in [-0.1, -0.05) is 0 Å². The van der Waals surface area contributed by atoms with Crippen LogP contribution in [-0.4, -0.2) is 38.7 Å². The number of nitrogens with one attached hydrogen (secondary N) is 1. The van der Waals surface area contributed by atoms with Crippen molar-refractivity contribution >= 4 is 9.84 Å². The third-order valence-corrected chi connectivity index (χ3v) is 4.61. The maximum Gasteiger partial charge on any atom is 0.405 e. The van der Waals surface area contributed by atoms with Gasteiger partial charge in [-0.25, -0.2) is 8.42 Å². The van der Waals surface area contributed by atoms with Gasteiger partial charge < -0.3 is 5.32 Å². The highest BCUT2D eigenvalue weighted by molar-refractivity contribution is 7.92. The van der Waals surface area contributed by atoms with Crippen molar-refractivity contribution in [3.8, 4) is 6.07 Å². The standard InChI is InChI=1S/C9H15F3N2O2S/c1-8(2,17(3,15)16)6-14-5-7(4-13)9(10,11)12/h7,14H,5-6H2,1-3H3. The molecule has 0 heterocycles. The van der Waals surface area contributed by atoms with E-state index < -0.39 is 33.2 Å². The lowest BCUT2D eigenvalue weighted by Gasteiger charge is -2.24. The summed E-state index contributed by atoms with van der Waals surface area (Å²) >= 11 is 0. The molecule has 0 aliphatic carbocycles. The van der Waals surface area contributed by atoms with Crippen LogP contribution in [0.25, 0.3) is 0 Å². The van der Waals surface area contributed by atoms with Crippen molar-refractivity contribution in [2.75, 3.05) is 19.3 Å². The van der Waals surface area contributed by atoms with Crippen molar-refractivity contribution in [1.82, 2.24) is 5.32 Å². The summed E-state index contributed by atoms with van der Waals surface area (Å²) in [5.74, 6) is -2.13. The lowest BCUT2D eigenvalue weighted by atomic mass is 10.1. The van der Waals surface area contributed by atoms with Crippen LogP contribution in [0.3, 0.4) is 0 Å². The van der Waals surface area contributed by atoms with Crippen LogP contribution in [0.2, 0.25) is 0 Å². The Bertz CT molecular complexity index is 395. The van der Waals surface area contributed by atoms with Gasteiger partial charge in [0.1, 0.15) is 0 Å². The molecule has 0 fully saturated rings. The molecule has 4 nitrogen and oxygen atoms in total. The molecular weight excluding hydrogens is 257 g/mol.